The minimum absolute atomic E-state index is 0.0434. The number of hydrogen-bond donors (Lipinski definition) is 3. The smallest absolute Gasteiger partial charge is 0.408 e. The zero-order chi connectivity index (χ0) is 15.8. The maximum absolute atomic E-state index is 11.7. The van der Waals surface area contributed by atoms with Crippen molar-refractivity contribution in [3.63, 3.8) is 0 Å². The largest absolute Gasteiger partial charge is 0.480 e. The van der Waals surface area contributed by atoms with Crippen molar-refractivity contribution >= 4 is 40.9 Å². The molecule has 1 heterocycles. The summed E-state index contributed by atoms with van der Waals surface area (Å²) in [4.78, 5) is 34.3. The molecular weight excluding hydrogens is 320 g/mol. The van der Waals surface area contributed by atoms with Crippen LogP contribution in [0.4, 0.5) is 4.79 Å². The zero-order valence-corrected chi connectivity index (χ0v) is 12.4. The van der Waals surface area contributed by atoms with Gasteiger partial charge in [0.15, 0.2) is 0 Å². The maximum atomic E-state index is 11.7. The lowest BCUT2D eigenvalue weighted by Gasteiger charge is -2.14. The molecule has 0 spiro atoms. The highest BCUT2D eigenvalue weighted by Crippen LogP contribution is 2.20. The number of amides is 2. The number of carboxylic acid groups (broad SMARTS) is 1. The molecule has 9 heteroatoms. The quantitative estimate of drug-likeness (QED) is 0.656. The van der Waals surface area contributed by atoms with Crippen molar-refractivity contribution in [2.45, 2.75) is 6.04 Å². The molecule has 1 atom stereocenters. The molecule has 2 amide bonds. The summed E-state index contributed by atoms with van der Waals surface area (Å²) in [7, 11) is 0. The molecule has 114 valence electrons. The Morgan fingerprint density at radius 1 is 1.48 bits per heavy atom. The van der Waals surface area contributed by atoms with Gasteiger partial charge < -0.3 is 20.5 Å². The number of carboxylic acids is 1. The number of carbonyl (C=O) groups is 3. The standard InChI is InChI=1S/C12H13ClN2O5S/c1-2-5-20-12(19)15-7(11(17)18)6-14-10(16)8-3-4-9(13)21-8/h2-4,7H,1,5-6H2,(H,14,16)(H,15,19)(H,17,18)/t7-/m0/s1. The van der Waals surface area contributed by atoms with Crippen LogP contribution in [0.5, 0.6) is 0 Å². The van der Waals surface area contributed by atoms with Gasteiger partial charge in [0.05, 0.1) is 9.21 Å². The van der Waals surface area contributed by atoms with E-state index >= 15 is 0 Å². The van der Waals surface area contributed by atoms with E-state index in [9.17, 15) is 14.4 Å². The highest BCUT2D eigenvalue weighted by Gasteiger charge is 2.21. The molecule has 1 aromatic heterocycles. The number of alkyl carbamates (subject to hydrolysis) is 1. The highest BCUT2D eigenvalue weighted by atomic mass is 35.5. The molecule has 7 nitrogen and oxygen atoms in total. The Balaban J connectivity index is 2.51. The third-order valence-electron chi connectivity index (χ3n) is 2.19. The van der Waals surface area contributed by atoms with Crippen molar-refractivity contribution in [3.05, 3.63) is 34.0 Å². The molecule has 1 aromatic rings. The van der Waals surface area contributed by atoms with Crippen molar-refractivity contribution in [2.75, 3.05) is 13.2 Å². The first-order chi connectivity index (χ1) is 9.93. The number of aliphatic carboxylic acids is 1. The van der Waals surface area contributed by atoms with Gasteiger partial charge in [0.1, 0.15) is 12.6 Å². The Morgan fingerprint density at radius 3 is 2.71 bits per heavy atom. The average molecular weight is 333 g/mol. The summed E-state index contributed by atoms with van der Waals surface area (Å²) in [5.74, 6) is -1.77. The van der Waals surface area contributed by atoms with E-state index in [1.807, 2.05) is 0 Å². The van der Waals surface area contributed by atoms with Gasteiger partial charge in [-0.3, -0.25) is 4.79 Å². The van der Waals surface area contributed by atoms with Crippen LogP contribution in [0, 0.1) is 0 Å². The summed E-state index contributed by atoms with van der Waals surface area (Å²) in [5, 5.41) is 13.5. The van der Waals surface area contributed by atoms with Gasteiger partial charge in [-0.05, 0) is 12.1 Å². The van der Waals surface area contributed by atoms with E-state index in [0.717, 1.165) is 11.3 Å². The van der Waals surface area contributed by atoms with Crippen molar-refractivity contribution in [3.8, 4) is 0 Å². The zero-order valence-electron chi connectivity index (χ0n) is 10.8. The fourth-order valence-electron chi connectivity index (χ4n) is 1.24. The van der Waals surface area contributed by atoms with Gasteiger partial charge in [0.2, 0.25) is 0 Å². The summed E-state index contributed by atoms with van der Waals surface area (Å²) in [6.45, 7) is 3.03. The molecule has 1 rings (SSSR count). The second kappa shape index (κ2) is 8.28. The van der Waals surface area contributed by atoms with Gasteiger partial charge in [-0.15, -0.1) is 11.3 Å². The van der Waals surface area contributed by atoms with E-state index in [4.69, 9.17) is 16.7 Å². The number of ether oxygens (including phenoxy) is 1. The fourth-order valence-corrected chi connectivity index (χ4v) is 2.20. The van der Waals surface area contributed by atoms with Crippen LogP contribution in [-0.4, -0.2) is 42.3 Å². The van der Waals surface area contributed by atoms with Gasteiger partial charge in [-0.25, -0.2) is 9.59 Å². The van der Waals surface area contributed by atoms with Gasteiger partial charge in [-0.2, -0.15) is 0 Å². The Kier molecular flexibility index (Phi) is 6.70. The first-order valence-corrected chi connectivity index (χ1v) is 6.94. The average Bonchev–Trinajstić information content (AvgIpc) is 2.87. The topological polar surface area (TPSA) is 105 Å². The summed E-state index contributed by atoms with van der Waals surface area (Å²) < 4.78 is 5.05. The van der Waals surface area contributed by atoms with E-state index in [1.54, 1.807) is 6.07 Å². The van der Waals surface area contributed by atoms with Crippen LogP contribution in [0.2, 0.25) is 4.34 Å². The third kappa shape index (κ3) is 5.84. The molecule has 0 saturated heterocycles. The summed E-state index contributed by atoms with van der Waals surface area (Å²) in [5.41, 5.74) is 0. The molecule has 0 bridgehead atoms. The Morgan fingerprint density at radius 2 is 2.19 bits per heavy atom. The Bertz CT molecular complexity index is 546. The van der Waals surface area contributed by atoms with Crippen LogP contribution in [-0.2, 0) is 9.53 Å². The minimum atomic E-state index is -1.30. The van der Waals surface area contributed by atoms with Crippen molar-refractivity contribution in [1.29, 1.82) is 0 Å². The lowest BCUT2D eigenvalue weighted by atomic mass is 10.3. The van der Waals surface area contributed by atoms with Gasteiger partial charge >= 0.3 is 12.1 Å². The minimum Gasteiger partial charge on any atom is -0.480 e. The second-order valence-electron chi connectivity index (χ2n) is 3.74. The van der Waals surface area contributed by atoms with Crippen LogP contribution in [0.1, 0.15) is 9.67 Å². The van der Waals surface area contributed by atoms with Crippen LogP contribution >= 0.6 is 22.9 Å². The monoisotopic (exact) mass is 332 g/mol. The maximum Gasteiger partial charge on any atom is 0.408 e. The molecule has 0 unspecified atom stereocenters. The summed E-state index contributed by atoms with van der Waals surface area (Å²) in [6, 6.07) is 1.77. The highest BCUT2D eigenvalue weighted by molar-refractivity contribution is 7.17. The van der Waals surface area contributed by atoms with E-state index in [2.05, 4.69) is 21.9 Å². The molecule has 0 aromatic carbocycles. The number of nitrogens with one attached hydrogen (secondary N) is 2. The van der Waals surface area contributed by atoms with Crippen molar-refractivity contribution in [2.24, 2.45) is 0 Å². The van der Waals surface area contributed by atoms with Crippen LogP contribution < -0.4 is 10.6 Å². The van der Waals surface area contributed by atoms with Crippen molar-refractivity contribution in [1.82, 2.24) is 10.6 Å². The van der Waals surface area contributed by atoms with Gasteiger partial charge in [-0.1, -0.05) is 24.3 Å². The van der Waals surface area contributed by atoms with E-state index in [-0.39, 0.29) is 13.2 Å². The number of carbonyl (C=O) groups excluding carboxylic acids is 2. The number of halogens is 1. The molecule has 0 aliphatic heterocycles. The molecular formula is C12H13ClN2O5S. The first kappa shape index (κ1) is 17.0. The first-order valence-electron chi connectivity index (χ1n) is 5.74. The van der Waals surface area contributed by atoms with Crippen LogP contribution in [0.3, 0.4) is 0 Å². The van der Waals surface area contributed by atoms with Crippen molar-refractivity contribution < 1.29 is 24.2 Å². The fraction of sp³-hybridized carbons (Fsp3) is 0.250. The Labute approximate surface area is 129 Å². The van der Waals surface area contributed by atoms with E-state index in [0.29, 0.717) is 9.21 Å². The predicted molar refractivity (Wildman–Crippen MR) is 77.8 cm³/mol. The lowest BCUT2D eigenvalue weighted by Crippen LogP contribution is -2.48. The predicted octanol–water partition coefficient (Wildman–Crippen LogP) is 1.50. The molecule has 0 fully saturated rings. The molecule has 3 N–H and O–H groups in total. The second-order valence-corrected chi connectivity index (χ2v) is 5.45. The molecule has 0 aliphatic carbocycles. The molecule has 0 radical (unpaired) electrons. The third-order valence-corrected chi connectivity index (χ3v) is 3.42. The SMILES string of the molecule is C=CCOC(=O)N[C@@H](CNC(=O)c1ccc(Cl)s1)C(=O)O. The number of hydrogen-bond acceptors (Lipinski definition) is 5. The molecule has 21 heavy (non-hydrogen) atoms. The van der Waals surface area contributed by atoms with Gasteiger partial charge in [0, 0.05) is 6.54 Å². The molecule has 0 saturated carbocycles. The van der Waals surface area contributed by atoms with E-state index < -0.39 is 24.0 Å². The molecule has 0 aliphatic rings. The van der Waals surface area contributed by atoms with Crippen LogP contribution in [0.15, 0.2) is 24.8 Å². The number of rotatable bonds is 7. The lowest BCUT2D eigenvalue weighted by molar-refractivity contribution is -0.139. The van der Waals surface area contributed by atoms with Gasteiger partial charge in [0.25, 0.3) is 5.91 Å². The number of thiophene rings is 1. The summed E-state index contributed by atoms with van der Waals surface area (Å²) in [6.07, 6.45) is 0.438. The van der Waals surface area contributed by atoms with Crippen LogP contribution in [0.25, 0.3) is 0 Å². The summed E-state index contributed by atoms with van der Waals surface area (Å²) >= 11 is 6.76. The normalized spacial score (nSPS) is 11.3. The van der Waals surface area contributed by atoms with E-state index in [1.165, 1.54) is 12.1 Å². The Hall–Kier alpha value is -2.06.